The van der Waals surface area contributed by atoms with Gasteiger partial charge in [0.05, 0.1) is 23.8 Å². The molecule has 0 aromatic heterocycles. The highest BCUT2D eigenvalue weighted by Gasteiger charge is 2.32. The molecule has 160 valence electrons. The van der Waals surface area contributed by atoms with Crippen LogP contribution >= 0.6 is 11.8 Å². The van der Waals surface area contributed by atoms with Gasteiger partial charge in [0, 0.05) is 35.7 Å². The number of rotatable bonds is 5. The number of sulfonamides is 1. The van der Waals surface area contributed by atoms with Crippen LogP contribution in [0.1, 0.15) is 20.8 Å². The van der Waals surface area contributed by atoms with Crippen molar-refractivity contribution in [1.82, 2.24) is 9.62 Å². The van der Waals surface area contributed by atoms with Crippen LogP contribution in [-0.4, -0.2) is 69.2 Å². The fourth-order valence-electron chi connectivity index (χ4n) is 3.27. The Bertz CT molecular complexity index is 882. The SMILES string of the molecule is CC(C)NC(=O)CN1C(=O)[C@@H](C)CSc2ccc(S(=O)(=O)N3CCOCC3)cc21. The smallest absolute Gasteiger partial charge is 0.243 e. The molecule has 1 aromatic rings. The number of nitrogens with one attached hydrogen (secondary N) is 1. The minimum Gasteiger partial charge on any atom is -0.379 e. The van der Waals surface area contributed by atoms with E-state index in [1.807, 2.05) is 20.8 Å². The summed E-state index contributed by atoms with van der Waals surface area (Å²) in [4.78, 5) is 27.6. The van der Waals surface area contributed by atoms with Crippen molar-refractivity contribution in [3.63, 3.8) is 0 Å². The summed E-state index contributed by atoms with van der Waals surface area (Å²) in [7, 11) is -3.70. The van der Waals surface area contributed by atoms with Crippen molar-refractivity contribution in [3.8, 4) is 0 Å². The zero-order valence-electron chi connectivity index (χ0n) is 16.9. The molecule has 0 aliphatic carbocycles. The third-order valence-electron chi connectivity index (χ3n) is 4.76. The van der Waals surface area contributed by atoms with E-state index >= 15 is 0 Å². The van der Waals surface area contributed by atoms with E-state index in [0.29, 0.717) is 37.7 Å². The molecule has 29 heavy (non-hydrogen) atoms. The Hall–Kier alpha value is -1.62. The van der Waals surface area contributed by atoms with Crippen molar-refractivity contribution in [2.24, 2.45) is 5.92 Å². The number of anilines is 1. The largest absolute Gasteiger partial charge is 0.379 e. The zero-order valence-corrected chi connectivity index (χ0v) is 18.5. The molecule has 0 radical (unpaired) electrons. The number of morpholine rings is 1. The zero-order chi connectivity index (χ0) is 21.2. The average molecular weight is 442 g/mol. The van der Waals surface area contributed by atoms with Gasteiger partial charge in [0.15, 0.2) is 0 Å². The monoisotopic (exact) mass is 441 g/mol. The first-order chi connectivity index (χ1) is 13.7. The van der Waals surface area contributed by atoms with E-state index in [0.717, 1.165) is 4.90 Å². The number of hydrogen-bond donors (Lipinski definition) is 1. The highest BCUT2D eigenvalue weighted by molar-refractivity contribution is 7.99. The highest BCUT2D eigenvalue weighted by atomic mass is 32.2. The molecule has 0 unspecified atom stereocenters. The third kappa shape index (κ3) is 4.93. The first kappa shape index (κ1) is 22.1. The van der Waals surface area contributed by atoms with Gasteiger partial charge in [-0.3, -0.25) is 9.59 Å². The van der Waals surface area contributed by atoms with Gasteiger partial charge in [-0.1, -0.05) is 6.92 Å². The summed E-state index contributed by atoms with van der Waals surface area (Å²) >= 11 is 1.50. The van der Waals surface area contributed by atoms with Crippen LogP contribution in [0.5, 0.6) is 0 Å². The lowest BCUT2D eigenvalue weighted by molar-refractivity contribution is -0.125. The summed E-state index contributed by atoms with van der Waals surface area (Å²) < 4.78 is 32.8. The normalized spacial score (nSPS) is 21.0. The molecule has 10 heteroatoms. The maximum atomic E-state index is 13.1. The standard InChI is InChI=1S/C19H27N3O5S2/c1-13(2)20-18(23)11-22-16-10-15(29(25,26)21-6-8-27-9-7-21)4-5-17(16)28-12-14(3)19(22)24/h4-5,10,13-14H,6-9,11-12H2,1-3H3,(H,20,23)/t14-/m0/s1. The average Bonchev–Trinajstić information content (AvgIpc) is 2.80. The first-order valence-electron chi connectivity index (χ1n) is 9.65. The number of benzene rings is 1. The lowest BCUT2D eigenvalue weighted by atomic mass is 10.1. The van der Waals surface area contributed by atoms with E-state index in [4.69, 9.17) is 4.74 Å². The van der Waals surface area contributed by atoms with Crippen LogP contribution in [0.4, 0.5) is 5.69 Å². The molecule has 1 aromatic carbocycles. The van der Waals surface area contributed by atoms with E-state index in [2.05, 4.69) is 5.32 Å². The summed E-state index contributed by atoms with van der Waals surface area (Å²) in [6, 6.07) is 4.77. The van der Waals surface area contributed by atoms with E-state index in [1.54, 1.807) is 12.1 Å². The van der Waals surface area contributed by atoms with Gasteiger partial charge in [-0.05, 0) is 32.0 Å². The fraction of sp³-hybridized carbons (Fsp3) is 0.579. The van der Waals surface area contributed by atoms with Gasteiger partial charge in [0.1, 0.15) is 6.54 Å². The minimum atomic E-state index is -3.70. The van der Waals surface area contributed by atoms with Crippen LogP contribution in [0, 0.1) is 5.92 Å². The molecule has 2 heterocycles. The van der Waals surface area contributed by atoms with Crippen molar-refractivity contribution < 1.29 is 22.7 Å². The summed E-state index contributed by atoms with van der Waals surface area (Å²) in [6.45, 7) is 6.68. The number of carbonyl (C=O) groups excluding carboxylic acids is 2. The molecule has 1 fully saturated rings. The second-order valence-electron chi connectivity index (χ2n) is 7.50. The molecule has 1 saturated heterocycles. The van der Waals surface area contributed by atoms with E-state index in [1.165, 1.54) is 27.0 Å². The Balaban J connectivity index is 1.98. The van der Waals surface area contributed by atoms with Gasteiger partial charge >= 0.3 is 0 Å². The Morgan fingerprint density at radius 2 is 2.00 bits per heavy atom. The molecule has 1 N–H and O–H groups in total. The van der Waals surface area contributed by atoms with Crippen molar-refractivity contribution in [3.05, 3.63) is 18.2 Å². The summed E-state index contributed by atoms with van der Waals surface area (Å²) in [5, 5.41) is 2.79. The molecule has 0 saturated carbocycles. The molecule has 8 nitrogen and oxygen atoms in total. The molecular formula is C19H27N3O5S2. The van der Waals surface area contributed by atoms with Crippen LogP contribution < -0.4 is 10.2 Å². The number of fused-ring (bicyclic) bond motifs is 1. The second kappa shape index (κ2) is 9.03. The second-order valence-corrected chi connectivity index (χ2v) is 10.5. The van der Waals surface area contributed by atoms with Crippen molar-refractivity contribution in [1.29, 1.82) is 0 Å². The Kier molecular flexibility index (Phi) is 6.87. The maximum absolute atomic E-state index is 13.1. The van der Waals surface area contributed by atoms with Gasteiger partial charge in [0.25, 0.3) is 0 Å². The molecular weight excluding hydrogens is 414 g/mol. The fourth-order valence-corrected chi connectivity index (χ4v) is 5.75. The lowest BCUT2D eigenvalue weighted by Crippen LogP contribution is -2.44. The summed E-state index contributed by atoms with van der Waals surface area (Å²) in [5.74, 6) is -0.168. The number of thioether (sulfide) groups is 1. The molecule has 0 bridgehead atoms. The molecule has 2 aliphatic heterocycles. The van der Waals surface area contributed by atoms with Crippen LogP contribution in [0.3, 0.4) is 0 Å². The number of nitrogens with zero attached hydrogens (tertiary/aromatic N) is 2. The number of amides is 2. The predicted molar refractivity (Wildman–Crippen MR) is 112 cm³/mol. The Morgan fingerprint density at radius 3 is 2.66 bits per heavy atom. The number of ether oxygens (including phenoxy) is 1. The van der Waals surface area contributed by atoms with E-state index in [9.17, 15) is 18.0 Å². The van der Waals surface area contributed by atoms with Crippen molar-refractivity contribution in [2.75, 3.05) is 43.5 Å². The third-order valence-corrected chi connectivity index (χ3v) is 7.97. The molecule has 0 spiro atoms. The van der Waals surface area contributed by atoms with Crippen LogP contribution in [0.2, 0.25) is 0 Å². The van der Waals surface area contributed by atoms with Crippen LogP contribution in [0.15, 0.2) is 28.0 Å². The lowest BCUT2D eigenvalue weighted by Gasteiger charge is -2.28. The molecule has 2 aliphatic rings. The predicted octanol–water partition coefficient (Wildman–Crippen LogP) is 1.31. The van der Waals surface area contributed by atoms with Gasteiger partial charge < -0.3 is 15.0 Å². The number of hydrogen-bond acceptors (Lipinski definition) is 6. The molecule has 1 atom stereocenters. The quantitative estimate of drug-likeness (QED) is 0.740. The molecule has 3 rings (SSSR count). The van der Waals surface area contributed by atoms with Crippen LogP contribution in [-0.2, 0) is 24.3 Å². The van der Waals surface area contributed by atoms with Crippen molar-refractivity contribution >= 4 is 39.3 Å². The summed E-state index contributed by atoms with van der Waals surface area (Å²) in [6.07, 6.45) is 0. The first-order valence-corrected chi connectivity index (χ1v) is 12.1. The van der Waals surface area contributed by atoms with E-state index < -0.39 is 10.0 Å². The van der Waals surface area contributed by atoms with Gasteiger partial charge in [-0.15, -0.1) is 11.8 Å². The highest BCUT2D eigenvalue weighted by Crippen LogP contribution is 2.38. The van der Waals surface area contributed by atoms with Gasteiger partial charge in [-0.25, -0.2) is 8.42 Å². The van der Waals surface area contributed by atoms with Gasteiger partial charge in [0.2, 0.25) is 21.8 Å². The minimum absolute atomic E-state index is 0.0520. The topological polar surface area (TPSA) is 96.0 Å². The molecule has 2 amide bonds. The van der Waals surface area contributed by atoms with E-state index in [-0.39, 0.29) is 35.2 Å². The Morgan fingerprint density at radius 1 is 1.31 bits per heavy atom. The Labute approximate surface area is 176 Å². The van der Waals surface area contributed by atoms with Crippen molar-refractivity contribution in [2.45, 2.75) is 36.6 Å². The van der Waals surface area contributed by atoms with Gasteiger partial charge in [-0.2, -0.15) is 4.31 Å². The van der Waals surface area contributed by atoms with Crippen LogP contribution in [0.25, 0.3) is 0 Å². The summed E-state index contributed by atoms with van der Waals surface area (Å²) in [5.41, 5.74) is 0.470. The maximum Gasteiger partial charge on any atom is 0.243 e. The number of carbonyl (C=O) groups is 2.